The summed E-state index contributed by atoms with van der Waals surface area (Å²) in [4.78, 5) is 4.07. The summed E-state index contributed by atoms with van der Waals surface area (Å²) in [5.41, 5.74) is 0. The summed E-state index contributed by atoms with van der Waals surface area (Å²) in [5.74, 6) is 1.00. The standard InChI is InChI=1S/C5H6N4/c1-2-9-4-8-7-3-5(9)6-1/h1-2H,3-4H2. The summed E-state index contributed by atoms with van der Waals surface area (Å²) in [6, 6.07) is 0. The fourth-order valence-electron chi connectivity index (χ4n) is 0.847. The van der Waals surface area contributed by atoms with Crippen LogP contribution in [0.5, 0.6) is 0 Å². The van der Waals surface area contributed by atoms with Gasteiger partial charge in [-0.05, 0) is 0 Å². The van der Waals surface area contributed by atoms with Crippen LogP contribution in [0.4, 0.5) is 0 Å². The van der Waals surface area contributed by atoms with Crippen molar-refractivity contribution in [2.24, 2.45) is 10.2 Å². The van der Waals surface area contributed by atoms with Crippen LogP contribution in [0.25, 0.3) is 0 Å². The van der Waals surface area contributed by atoms with E-state index in [0.29, 0.717) is 13.2 Å². The molecule has 0 radical (unpaired) electrons. The van der Waals surface area contributed by atoms with Gasteiger partial charge in [-0.15, -0.1) is 0 Å². The van der Waals surface area contributed by atoms with E-state index in [1.165, 1.54) is 0 Å². The summed E-state index contributed by atoms with van der Waals surface area (Å²) in [6.07, 6.45) is 3.68. The molecule has 4 nitrogen and oxygen atoms in total. The first-order valence-electron chi connectivity index (χ1n) is 2.80. The molecule has 0 amide bonds. The van der Waals surface area contributed by atoms with Crippen molar-refractivity contribution in [1.82, 2.24) is 9.55 Å². The molecule has 2 rings (SSSR count). The molecule has 0 aliphatic carbocycles. The van der Waals surface area contributed by atoms with E-state index in [1.807, 2.05) is 10.8 Å². The smallest absolute Gasteiger partial charge is 0.136 e. The Morgan fingerprint density at radius 1 is 1.44 bits per heavy atom. The van der Waals surface area contributed by atoms with Crippen LogP contribution in [-0.4, -0.2) is 9.55 Å². The van der Waals surface area contributed by atoms with Crippen LogP contribution in [0.1, 0.15) is 5.82 Å². The average Bonchev–Trinajstić information content (AvgIpc) is 2.33. The van der Waals surface area contributed by atoms with Crippen LogP contribution in [-0.2, 0) is 13.2 Å². The van der Waals surface area contributed by atoms with E-state index in [-0.39, 0.29) is 0 Å². The Morgan fingerprint density at radius 2 is 2.44 bits per heavy atom. The van der Waals surface area contributed by atoms with Crippen molar-refractivity contribution in [3.05, 3.63) is 18.2 Å². The lowest BCUT2D eigenvalue weighted by Gasteiger charge is -2.04. The number of hydrogen-bond acceptors (Lipinski definition) is 3. The van der Waals surface area contributed by atoms with Crippen molar-refractivity contribution in [3.63, 3.8) is 0 Å². The SMILES string of the molecule is c1cn2c(n1)CN=NC2. The molecular weight excluding hydrogens is 116 g/mol. The highest BCUT2D eigenvalue weighted by molar-refractivity contribution is 4.92. The lowest BCUT2D eigenvalue weighted by Crippen LogP contribution is -2.03. The van der Waals surface area contributed by atoms with Crippen LogP contribution in [0.3, 0.4) is 0 Å². The second-order valence-electron chi connectivity index (χ2n) is 1.90. The maximum atomic E-state index is 4.07. The number of aromatic nitrogens is 2. The predicted molar refractivity (Wildman–Crippen MR) is 30.8 cm³/mol. The molecule has 1 aromatic heterocycles. The topological polar surface area (TPSA) is 42.5 Å². The van der Waals surface area contributed by atoms with E-state index in [4.69, 9.17) is 0 Å². The molecule has 0 saturated heterocycles. The minimum absolute atomic E-state index is 0.632. The Morgan fingerprint density at radius 3 is 3.33 bits per heavy atom. The van der Waals surface area contributed by atoms with Crippen molar-refractivity contribution in [3.8, 4) is 0 Å². The molecule has 2 heterocycles. The first kappa shape index (κ1) is 4.67. The molecular formula is C5H6N4. The Hall–Kier alpha value is -1.19. The van der Waals surface area contributed by atoms with Crippen LogP contribution in [0.15, 0.2) is 22.6 Å². The van der Waals surface area contributed by atoms with Gasteiger partial charge in [-0.1, -0.05) is 0 Å². The number of nitrogens with zero attached hydrogens (tertiary/aromatic N) is 4. The van der Waals surface area contributed by atoms with E-state index in [0.717, 1.165) is 5.82 Å². The second kappa shape index (κ2) is 1.65. The molecule has 46 valence electrons. The number of fused-ring (bicyclic) bond motifs is 1. The molecule has 1 aliphatic heterocycles. The van der Waals surface area contributed by atoms with Crippen LogP contribution >= 0.6 is 0 Å². The molecule has 0 fully saturated rings. The zero-order chi connectivity index (χ0) is 6.10. The summed E-state index contributed by atoms with van der Waals surface area (Å²) in [6.45, 7) is 1.27. The number of rotatable bonds is 0. The fourth-order valence-corrected chi connectivity index (χ4v) is 0.847. The molecule has 0 N–H and O–H groups in total. The third-order valence-corrected chi connectivity index (χ3v) is 1.33. The van der Waals surface area contributed by atoms with Gasteiger partial charge in [-0.3, -0.25) is 0 Å². The van der Waals surface area contributed by atoms with Gasteiger partial charge in [-0.2, -0.15) is 10.2 Å². The fraction of sp³-hybridized carbons (Fsp3) is 0.400. The predicted octanol–water partition coefficient (Wildman–Crippen LogP) is 0.806. The zero-order valence-electron chi connectivity index (χ0n) is 4.86. The Balaban J connectivity index is 2.46. The van der Waals surface area contributed by atoms with Gasteiger partial charge in [0.2, 0.25) is 0 Å². The second-order valence-corrected chi connectivity index (χ2v) is 1.90. The van der Waals surface area contributed by atoms with Crippen molar-refractivity contribution in [2.75, 3.05) is 0 Å². The van der Waals surface area contributed by atoms with Gasteiger partial charge in [0.05, 0.1) is 0 Å². The molecule has 9 heavy (non-hydrogen) atoms. The first-order valence-corrected chi connectivity index (χ1v) is 2.80. The molecule has 0 spiro atoms. The number of azo groups is 1. The number of hydrogen-bond donors (Lipinski definition) is 0. The minimum atomic E-state index is 0.632. The van der Waals surface area contributed by atoms with Crippen LogP contribution in [0, 0.1) is 0 Å². The van der Waals surface area contributed by atoms with Gasteiger partial charge in [0.1, 0.15) is 19.0 Å². The molecule has 0 bridgehead atoms. The quantitative estimate of drug-likeness (QED) is 0.502. The highest BCUT2D eigenvalue weighted by Crippen LogP contribution is 2.04. The minimum Gasteiger partial charge on any atom is -0.311 e. The largest absolute Gasteiger partial charge is 0.311 e. The zero-order valence-corrected chi connectivity index (χ0v) is 4.86. The van der Waals surface area contributed by atoms with Crippen molar-refractivity contribution in [2.45, 2.75) is 13.2 Å². The maximum Gasteiger partial charge on any atom is 0.136 e. The highest BCUT2D eigenvalue weighted by atomic mass is 15.3. The van der Waals surface area contributed by atoms with Crippen LogP contribution < -0.4 is 0 Å². The Labute approximate surface area is 52.2 Å². The van der Waals surface area contributed by atoms with Gasteiger partial charge < -0.3 is 4.57 Å². The lowest BCUT2D eigenvalue weighted by atomic mass is 10.6. The van der Waals surface area contributed by atoms with Gasteiger partial charge in [0.25, 0.3) is 0 Å². The van der Waals surface area contributed by atoms with Gasteiger partial charge in [-0.25, -0.2) is 4.98 Å². The summed E-state index contributed by atoms with van der Waals surface area (Å²) < 4.78 is 1.98. The molecule has 0 atom stereocenters. The summed E-state index contributed by atoms with van der Waals surface area (Å²) in [7, 11) is 0. The molecule has 0 saturated carbocycles. The molecule has 1 aromatic rings. The van der Waals surface area contributed by atoms with E-state index in [2.05, 4.69) is 15.2 Å². The molecule has 1 aliphatic rings. The molecule has 0 unspecified atom stereocenters. The number of imidazole rings is 1. The van der Waals surface area contributed by atoms with Crippen LogP contribution in [0.2, 0.25) is 0 Å². The summed E-state index contributed by atoms with van der Waals surface area (Å²) in [5, 5.41) is 7.67. The van der Waals surface area contributed by atoms with E-state index in [9.17, 15) is 0 Å². The van der Waals surface area contributed by atoms with Crippen molar-refractivity contribution >= 4 is 0 Å². The highest BCUT2D eigenvalue weighted by Gasteiger charge is 2.03. The van der Waals surface area contributed by atoms with E-state index < -0.39 is 0 Å². The van der Waals surface area contributed by atoms with E-state index in [1.54, 1.807) is 6.20 Å². The summed E-state index contributed by atoms with van der Waals surface area (Å²) >= 11 is 0. The first-order chi connectivity index (χ1) is 4.47. The van der Waals surface area contributed by atoms with Gasteiger partial charge >= 0.3 is 0 Å². The average molecular weight is 122 g/mol. The van der Waals surface area contributed by atoms with Gasteiger partial charge in [0.15, 0.2) is 0 Å². The van der Waals surface area contributed by atoms with Crippen molar-refractivity contribution in [1.29, 1.82) is 0 Å². The Kier molecular flexibility index (Phi) is 0.855. The maximum absolute atomic E-state index is 4.07. The van der Waals surface area contributed by atoms with Gasteiger partial charge in [0, 0.05) is 12.4 Å². The molecule has 0 aromatic carbocycles. The third kappa shape index (κ3) is 0.630. The molecule has 4 heteroatoms. The Bertz CT molecular complexity index is 214. The lowest BCUT2D eigenvalue weighted by molar-refractivity contribution is 0.585. The van der Waals surface area contributed by atoms with Crippen molar-refractivity contribution < 1.29 is 0 Å². The van der Waals surface area contributed by atoms with E-state index >= 15 is 0 Å². The monoisotopic (exact) mass is 122 g/mol. The normalized spacial score (nSPS) is 15.6. The third-order valence-electron chi connectivity index (χ3n) is 1.33.